The Balaban J connectivity index is 1.59. The van der Waals surface area contributed by atoms with Gasteiger partial charge in [-0.2, -0.15) is 5.10 Å². The first kappa shape index (κ1) is 17.4. The van der Waals surface area contributed by atoms with E-state index >= 15 is 0 Å². The maximum atomic E-state index is 12.3. The third kappa shape index (κ3) is 4.33. The van der Waals surface area contributed by atoms with E-state index in [1.54, 1.807) is 11.1 Å². The molecule has 128 valence electrons. The predicted molar refractivity (Wildman–Crippen MR) is 102 cm³/mol. The number of nitrogens with one attached hydrogen (secondary N) is 1. The molecule has 1 aliphatic rings. The lowest BCUT2D eigenvalue weighted by Crippen LogP contribution is -2.30. The maximum Gasteiger partial charge on any atom is 0.245 e. The van der Waals surface area contributed by atoms with Gasteiger partial charge in [-0.3, -0.25) is 9.59 Å². The zero-order valence-corrected chi connectivity index (χ0v) is 15.4. The van der Waals surface area contributed by atoms with Crippen molar-refractivity contribution in [3.8, 4) is 0 Å². The predicted octanol–water partition coefficient (Wildman–Crippen LogP) is 3.26. The number of amides is 2. The number of aryl methyl sites for hydroxylation is 1. The van der Waals surface area contributed by atoms with Crippen molar-refractivity contribution in [1.82, 2.24) is 5.43 Å². The Labute approximate surface area is 154 Å². The topological polar surface area (TPSA) is 61.8 Å². The second kappa shape index (κ2) is 7.61. The van der Waals surface area contributed by atoms with Gasteiger partial charge in [-0.15, -0.1) is 0 Å². The zero-order chi connectivity index (χ0) is 17.8. The lowest BCUT2D eigenvalue weighted by Gasteiger charge is -2.16. The van der Waals surface area contributed by atoms with Gasteiger partial charge in [-0.1, -0.05) is 45.8 Å². The number of benzene rings is 2. The first-order valence-electron chi connectivity index (χ1n) is 7.98. The molecule has 1 atom stereocenters. The minimum atomic E-state index is -0.393. The van der Waals surface area contributed by atoms with Gasteiger partial charge in [0.15, 0.2) is 0 Å². The second-order valence-electron chi connectivity index (χ2n) is 6.03. The van der Waals surface area contributed by atoms with Crippen molar-refractivity contribution in [3.05, 3.63) is 64.1 Å². The number of nitrogens with zero attached hydrogens (tertiary/aromatic N) is 2. The Hall–Kier alpha value is -2.47. The highest BCUT2D eigenvalue weighted by molar-refractivity contribution is 9.10. The summed E-state index contributed by atoms with van der Waals surface area (Å²) in [6.07, 6.45) is 1.78. The van der Waals surface area contributed by atoms with Crippen molar-refractivity contribution in [3.63, 3.8) is 0 Å². The summed E-state index contributed by atoms with van der Waals surface area (Å²) in [7, 11) is 0. The SMILES string of the molecule is Cc1ccc(N2CC(C(=O)N/N=C/c3ccc(Br)cc3)CC2=O)cc1. The molecule has 1 aliphatic heterocycles. The molecule has 0 bridgehead atoms. The van der Waals surface area contributed by atoms with Crippen molar-refractivity contribution in [1.29, 1.82) is 0 Å². The van der Waals surface area contributed by atoms with Gasteiger partial charge in [0.2, 0.25) is 11.8 Å². The smallest absolute Gasteiger partial charge is 0.245 e. The van der Waals surface area contributed by atoms with Crippen LogP contribution in [0.3, 0.4) is 0 Å². The minimum absolute atomic E-state index is 0.0408. The standard InChI is InChI=1S/C19H18BrN3O2/c1-13-2-8-17(9-3-13)23-12-15(10-18(23)24)19(25)22-21-11-14-4-6-16(20)7-5-14/h2-9,11,15H,10,12H2,1H3,(H,22,25)/b21-11+. The normalized spacial score (nSPS) is 17.3. The highest BCUT2D eigenvalue weighted by Gasteiger charge is 2.35. The quantitative estimate of drug-likeness (QED) is 0.633. The molecule has 1 unspecified atom stereocenters. The van der Waals surface area contributed by atoms with Crippen LogP contribution in [0.25, 0.3) is 0 Å². The number of carbonyl (C=O) groups is 2. The fourth-order valence-electron chi connectivity index (χ4n) is 2.67. The van der Waals surface area contributed by atoms with Crippen LogP contribution in [0.2, 0.25) is 0 Å². The fourth-order valence-corrected chi connectivity index (χ4v) is 2.93. The Morgan fingerprint density at radius 2 is 1.88 bits per heavy atom. The van der Waals surface area contributed by atoms with E-state index in [9.17, 15) is 9.59 Å². The molecule has 6 heteroatoms. The molecular weight excluding hydrogens is 382 g/mol. The number of hydrazone groups is 1. The van der Waals surface area contributed by atoms with Crippen LogP contribution in [0, 0.1) is 12.8 Å². The Morgan fingerprint density at radius 3 is 2.56 bits per heavy atom. The number of carbonyl (C=O) groups excluding carboxylic acids is 2. The van der Waals surface area contributed by atoms with Crippen LogP contribution < -0.4 is 10.3 Å². The fraction of sp³-hybridized carbons (Fsp3) is 0.211. The Morgan fingerprint density at radius 1 is 1.20 bits per heavy atom. The van der Waals surface area contributed by atoms with E-state index in [2.05, 4.69) is 26.5 Å². The highest BCUT2D eigenvalue weighted by atomic mass is 79.9. The molecule has 1 heterocycles. The van der Waals surface area contributed by atoms with Gasteiger partial charge in [-0.25, -0.2) is 5.43 Å². The van der Waals surface area contributed by atoms with Crippen LogP contribution in [0.5, 0.6) is 0 Å². The molecule has 0 spiro atoms. The van der Waals surface area contributed by atoms with E-state index in [-0.39, 0.29) is 18.2 Å². The summed E-state index contributed by atoms with van der Waals surface area (Å²) in [6.45, 7) is 2.37. The van der Waals surface area contributed by atoms with Gasteiger partial charge in [0.1, 0.15) is 0 Å². The van der Waals surface area contributed by atoms with E-state index in [0.29, 0.717) is 6.54 Å². The average molecular weight is 400 g/mol. The molecule has 0 aliphatic carbocycles. The summed E-state index contributed by atoms with van der Waals surface area (Å²) >= 11 is 3.37. The monoisotopic (exact) mass is 399 g/mol. The average Bonchev–Trinajstić information content (AvgIpc) is 2.99. The number of anilines is 1. The Bertz CT molecular complexity index is 800. The molecule has 25 heavy (non-hydrogen) atoms. The lowest BCUT2D eigenvalue weighted by molar-refractivity contribution is -0.126. The van der Waals surface area contributed by atoms with Crippen LogP contribution >= 0.6 is 15.9 Å². The summed E-state index contributed by atoms with van der Waals surface area (Å²) < 4.78 is 0.981. The lowest BCUT2D eigenvalue weighted by atomic mass is 10.1. The number of hydrogen-bond donors (Lipinski definition) is 1. The third-order valence-corrected chi connectivity index (χ3v) is 4.63. The number of rotatable bonds is 4. The molecule has 3 rings (SSSR count). The van der Waals surface area contributed by atoms with Gasteiger partial charge in [0, 0.05) is 23.1 Å². The van der Waals surface area contributed by atoms with Crippen molar-refractivity contribution in [2.45, 2.75) is 13.3 Å². The molecule has 2 aromatic carbocycles. The van der Waals surface area contributed by atoms with Crippen molar-refractivity contribution < 1.29 is 9.59 Å². The molecule has 0 saturated carbocycles. The van der Waals surface area contributed by atoms with E-state index in [1.165, 1.54) is 0 Å². The van der Waals surface area contributed by atoms with Crippen LogP contribution in [-0.2, 0) is 9.59 Å². The van der Waals surface area contributed by atoms with E-state index < -0.39 is 5.92 Å². The number of halogens is 1. The molecule has 1 fully saturated rings. The van der Waals surface area contributed by atoms with Crippen molar-refractivity contribution in [2.24, 2.45) is 11.0 Å². The molecule has 1 N–H and O–H groups in total. The zero-order valence-electron chi connectivity index (χ0n) is 13.8. The molecule has 0 radical (unpaired) electrons. The summed E-state index contributed by atoms with van der Waals surface area (Å²) in [5.41, 5.74) is 5.37. The van der Waals surface area contributed by atoms with Crippen LogP contribution in [0.4, 0.5) is 5.69 Å². The van der Waals surface area contributed by atoms with E-state index in [1.807, 2.05) is 55.5 Å². The number of hydrogen-bond acceptors (Lipinski definition) is 3. The summed E-state index contributed by atoms with van der Waals surface area (Å²) in [5, 5.41) is 3.98. The second-order valence-corrected chi connectivity index (χ2v) is 6.94. The van der Waals surface area contributed by atoms with Gasteiger partial charge < -0.3 is 4.90 Å². The molecule has 5 nitrogen and oxygen atoms in total. The maximum absolute atomic E-state index is 12.3. The summed E-state index contributed by atoms with van der Waals surface area (Å²) in [4.78, 5) is 26.1. The van der Waals surface area contributed by atoms with Gasteiger partial charge >= 0.3 is 0 Å². The van der Waals surface area contributed by atoms with E-state index in [4.69, 9.17) is 0 Å². The molecule has 2 aromatic rings. The molecule has 2 amide bonds. The molecule has 1 saturated heterocycles. The van der Waals surface area contributed by atoms with Crippen LogP contribution in [0.1, 0.15) is 17.5 Å². The van der Waals surface area contributed by atoms with Crippen molar-refractivity contribution in [2.75, 3.05) is 11.4 Å². The van der Waals surface area contributed by atoms with Crippen LogP contribution in [-0.4, -0.2) is 24.6 Å². The largest absolute Gasteiger partial charge is 0.312 e. The van der Waals surface area contributed by atoms with Gasteiger partial charge in [0.25, 0.3) is 0 Å². The summed E-state index contributed by atoms with van der Waals surface area (Å²) in [6, 6.07) is 15.3. The molecule has 0 aromatic heterocycles. The van der Waals surface area contributed by atoms with Gasteiger partial charge in [-0.05, 0) is 36.8 Å². The third-order valence-electron chi connectivity index (χ3n) is 4.10. The minimum Gasteiger partial charge on any atom is -0.312 e. The molecular formula is C19H18BrN3O2. The highest BCUT2D eigenvalue weighted by Crippen LogP contribution is 2.25. The Kier molecular flexibility index (Phi) is 5.28. The van der Waals surface area contributed by atoms with Crippen LogP contribution in [0.15, 0.2) is 58.1 Å². The first-order chi connectivity index (χ1) is 12.0. The van der Waals surface area contributed by atoms with E-state index in [0.717, 1.165) is 21.3 Å². The van der Waals surface area contributed by atoms with Gasteiger partial charge in [0.05, 0.1) is 12.1 Å². The van der Waals surface area contributed by atoms with Crippen molar-refractivity contribution >= 4 is 39.6 Å². The summed E-state index contributed by atoms with van der Waals surface area (Å²) in [5.74, 6) is -0.673. The first-order valence-corrected chi connectivity index (χ1v) is 8.78.